The average Bonchev–Trinajstić information content (AvgIpc) is 2.42. The molecule has 0 aliphatic carbocycles. The molecule has 6 nitrogen and oxygen atoms in total. The number of aryl methyl sites for hydroxylation is 1. The standard InChI is InChI=1S/C13H11BrClN3O3S/c1-7-3-4-8(15)5-10(7)17-12(19)11-9(14)6-16-13(18-11)22(2,20)21/h3-6H,1-2H3,(H,17,19). The lowest BCUT2D eigenvalue weighted by Gasteiger charge is -2.09. The molecule has 0 bridgehead atoms. The molecule has 1 aromatic heterocycles. The number of nitrogens with one attached hydrogen (secondary N) is 1. The van der Waals surface area contributed by atoms with Gasteiger partial charge in [0.2, 0.25) is 15.0 Å². The van der Waals surface area contributed by atoms with Crippen LogP contribution >= 0.6 is 27.5 Å². The summed E-state index contributed by atoms with van der Waals surface area (Å²) < 4.78 is 23.3. The van der Waals surface area contributed by atoms with Crippen molar-refractivity contribution in [2.75, 3.05) is 11.6 Å². The number of carbonyl (C=O) groups is 1. The van der Waals surface area contributed by atoms with E-state index in [9.17, 15) is 13.2 Å². The third kappa shape index (κ3) is 3.82. The van der Waals surface area contributed by atoms with Crippen molar-refractivity contribution >= 4 is 49.0 Å². The van der Waals surface area contributed by atoms with E-state index in [1.54, 1.807) is 18.2 Å². The Bertz CT molecular complexity index is 856. The van der Waals surface area contributed by atoms with Crippen LogP contribution in [0.4, 0.5) is 5.69 Å². The molecule has 0 aliphatic rings. The van der Waals surface area contributed by atoms with Gasteiger partial charge in [0.1, 0.15) is 5.69 Å². The summed E-state index contributed by atoms with van der Waals surface area (Å²) in [4.78, 5) is 19.8. The van der Waals surface area contributed by atoms with Crippen LogP contribution in [0.5, 0.6) is 0 Å². The van der Waals surface area contributed by atoms with E-state index in [0.29, 0.717) is 10.7 Å². The number of sulfone groups is 1. The predicted molar refractivity (Wildman–Crippen MR) is 87.0 cm³/mol. The number of benzene rings is 1. The molecule has 22 heavy (non-hydrogen) atoms. The fourth-order valence-corrected chi connectivity index (χ4v) is 2.64. The first-order valence-electron chi connectivity index (χ1n) is 5.98. The number of aromatic nitrogens is 2. The van der Waals surface area contributed by atoms with Crippen molar-refractivity contribution in [1.29, 1.82) is 0 Å². The second kappa shape index (κ2) is 6.31. The van der Waals surface area contributed by atoms with Crippen LogP contribution in [0.2, 0.25) is 5.02 Å². The van der Waals surface area contributed by atoms with Crippen molar-refractivity contribution in [2.45, 2.75) is 12.1 Å². The molecule has 0 fully saturated rings. The van der Waals surface area contributed by atoms with E-state index in [4.69, 9.17) is 11.6 Å². The highest BCUT2D eigenvalue weighted by atomic mass is 79.9. The smallest absolute Gasteiger partial charge is 0.275 e. The van der Waals surface area contributed by atoms with Gasteiger partial charge in [-0.1, -0.05) is 17.7 Å². The Morgan fingerprint density at radius 3 is 2.68 bits per heavy atom. The molecular formula is C13H11BrClN3O3S. The molecule has 1 aromatic carbocycles. The molecule has 9 heteroatoms. The fraction of sp³-hybridized carbons (Fsp3) is 0.154. The summed E-state index contributed by atoms with van der Waals surface area (Å²) in [6.45, 7) is 1.81. The minimum absolute atomic E-state index is 0.0743. The number of hydrogen-bond acceptors (Lipinski definition) is 5. The molecule has 1 amide bonds. The van der Waals surface area contributed by atoms with Crippen molar-refractivity contribution in [1.82, 2.24) is 9.97 Å². The first-order valence-corrected chi connectivity index (χ1v) is 9.05. The molecule has 0 saturated carbocycles. The Morgan fingerprint density at radius 2 is 2.05 bits per heavy atom. The van der Waals surface area contributed by atoms with Crippen LogP contribution in [0.1, 0.15) is 16.1 Å². The molecule has 0 atom stereocenters. The topological polar surface area (TPSA) is 89.0 Å². The van der Waals surface area contributed by atoms with E-state index in [0.717, 1.165) is 11.8 Å². The average molecular weight is 405 g/mol. The van der Waals surface area contributed by atoms with Gasteiger partial charge in [0.05, 0.1) is 4.47 Å². The van der Waals surface area contributed by atoms with E-state index >= 15 is 0 Å². The van der Waals surface area contributed by atoms with Crippen LogP contribution < -0.4 is 5.32 Å². The van der Waals surface area contributed by atoms with E-state index < -0.39 is 20.9 Å². The van der Waals surface area contributed by atoms with Gasteiger partial charge in [0.15, 0.2) is 0 Å². The number of amides is 1. The maximum atomic E-state index is 12.3. The molecule has 0 radical (unpaired) electrons. The number of hydrogen-bond donors (Lipinski definition) is 1. The Kier molecular flexibility index (Phi) is 4.84. The maximum absolute atomic E-state index is 12.3. The Balaban J connectivity index is 2.39. The van der Waals surface area contributed by atoms with Gasteiger partial charge in [-0.2, -0.15) is 0 Å². The number of anilines is 1. The molecular weight excluding hydrogens is 394 g/mol. The van der Waals surface area contributed by atoms with Crippen LogP contribution in [0.25, 0.3) is 0 Å². The second-order valence-electron chi connectivity index (χ2n) is 4.53. The van der Waals surface area contributed by atoms with Crippen LogP contribution in [0, 0.1) is 6.92 Å². The van der Waals surface area contributed by atoms with Gasteiger partial charge in [-0.25, -0.2) is 18.4 Å². The zero-order valence-corrected chi connectivity index (χ0v) is 14.8. The fourth-order valence-electron chi connectivity index (χ4n) is 1.60. The monoisotopic (exact) mass is 403 g/mol. The minimum atomic E-state index is -3.61. The Morgan fingerprint density at radius 1 is 1.36 bits per heavy atom. The summed E-state index contributed by atoms with van der Waals surface area (Å²) in [6.07, 6.45) is 2.20. The van der Waals surface area contributed by atoms with Crippen molar-refractivity contribution in [2.24, 2.45) is 0 Å². The highest BCUT2D eigenvalue weighted by Gasteiger charge is 2.19. The quantitative estimate of drug-likeness (QED) is 0.795. The summed E-state index contributed by atoms with van der Waals surface area (Å²) in [5, 5.41) is 2.71. The molecule has 2 aromatic rings. The zero-order chi connectivity index (χ0) is 16.5. The number of rotatable bonds is 3. The van der Waals surface area contributed by atoms with Gasteiger partial charge >= 0.3 is 0 Å². The summed E-state index contributed by atoms with van der Waals surface area (Å²) in [5.41, 5.74) is 1.25. The molecule has 1 N–H and O–H groups in total. The zero-order valence-electron chi connectivity index (χ0n) is 11.6. The molecule has 0 unspecified atom stereocenters. The largest absolute Gasteiger partial charge is 0.320 e. The number of halogens is 2. The first kappa shape index (κ1) is 16.9. The van der Waals surface area contributed by atoms with Gasteiger partial charge < -0.3 is 5.32 Å². The molecule has 0 spiro atoms. The second-order valence-corrected chi connectivity index (χ2v) is 7.73. The van der Waals surface area contributed by atoms with Gasteiger partial charge in [0, 0.05) is 23.2 Å². The lowest BCUT2D eigenvalue weighted by molar-refractivity contribution is 0.102. The lowest BCUT2D eigenvalue weighted by Crippen LogP contribution is -2.17. The third-order valence-corrected chi connectivity index (χ3v) is 4.39. The van der Waals surface area contributed by atoms with Gasteiger partial charge in [-0.3, -0.25) is 4.79 Å². The molecule has 2 rings (SSSR count). The summed E-state index contributed by atoms with van der Waals surface area (Å²) >= 11 is 9.03. The number of carbonyl (C=O) groups excluding carboxylic acids is 1. The van der Waals surface area contributed by atoms with Crippen LogP contribution in [-0.2, 0) is 9.84 Å². The highest BCUT2D eigenvalue weighted by molar-refractivity contribution is 9.10. The summed E-state index contributed by atoms with van der Waals surface area (Å²) in [5.74, 6) is -0.565. The van der Waals surface area contributed by atoms with E-state index in [-0.39, 0.29) is 10.2 Å². The van der Waals surface area contributed by atoms with Gasteiger partial charge in [0.25, 0.3) is 5.91 Å². The van der Waals surface area contributed by atoms with Crippen molar-refractivity contribution < 1.29 is 13.2 Å². The predicted octanol–water partition coefficient (Wildman–Crippen LogP) is 2.86. The normalized spacial score (nSPS) is 11.3. The molecule has 0 saturated heterocycles. The molecule has 116 valence electrons. The lowest BCUT2D eigenvalue weighted by atomic mass is 10.2. The third-order valence-electron chi connectivity index (χ3n) is 2.72. The SMILES string of the molecule is Cc1ccc(Cl)cc1NC(=O)c1nc(S(C)(=O)=O)ncc1Br. The Hall–Kier alpha value is -1.51. The molecule has 1 heterocycles. The maximum Gasteiger partial charge on any atom is 0.275 e. The van der Waals surface area contributed by atoms with Crippen LogP contribution in [0.15, 0.2) is 34.0 Å². The van der Waals surface area contributed by atoms with Gasteiger partial charge in [-0.05, 0) is 40.5 Å². The van der Waals surface area contributed by atoms with Crippen LogP contribution in [0.3, 0.4) is 0 Å². The summed E-state index contributed by atoms with van der Waals surface area (Å²) in [7, 11) is -3.61. The number of nitrogens with zero attached hydrogens (tertiary/aromatic N) is 2. The van der Waals surface area contributed by atoms with Crippen molar-refractivity contribution in [3.63, 3.8) is 0 Å². The van der Waals surface area contributed by atoms with Crippen LogP contribution in [-0.4, -0.2) is 30.5 Å². The first-order chi connectivity index (χ1) is 10.2. The summed E-state index contributed by atoms with van der Waals surface area (Å²) in [6, 6.07) is 5.06. The van der Waals surface area contributed by atoms with Gasteiger partial charge in [-0.15, -0.1) is 0 Å². The van der Waals surface area contributed by atoms with E-state index in [2.05, 4.69) is 31.2 Å². The van der Waals surface area contributed by atoms with E-state index in [1.165, 1.54) is 6.20 Å². The molecule has 0 aliphatic heterocycles. The van der Waals surface area contributed by atoms with Crippen molar-refractivity contribution in [3.05, 3.63) is 45.1 Å². The highest BCUT2D eigenvalue weighted by Crippen LogP contribution is 2.22. The Labute approximate surface area is 141 Å². The minimum Gasteiger partial charge on any atom is -0.320 e. The van der Waals surface area contributed by atoms with E-state index in [1.807, 2.05) is 6.92 Å². The van der Waals surface area contributed by atoms with Crippen molar-refractivity contribution in [3.8, 4) is 0 Å².